The Kier molecular flexibility index (Phi) is 3.76. The van der Waals surface area contributed by atoms with Gasteiger partial charge < -0.3 is 4.74 Å². The molecule has 0 saturated carbocycles. The molecule has 2 rings (SSSR count). The molecule has 1 heterocycles. The van der Waals surface area contributed by atoms with Gasteiger partial charge in [0.1, 0.15) is 0 Å². The van der Waals surface area contributed by atoms with Crippen LogP contribution in [0.25, 0.3) is 0 Å². The van der Waals surface area contributed by atoms with Crippen LogP contribution in [0.2, 0.25) is 0 Å². The Morgan fingerprint density at radius 2 is 2.10 bits per heavy atom. The van der Waals surface area contributed by atoms with Crippen LogP contribution in [-0.2, 0) is 0 Å². The van der Waals surface area contributed by atoms with Gasteiger partial charge in [-0.05, 0) is 19.4 Å². The minimum absolute atomic E-state index is 0.120. The minimum atomic E-state index is -0.499. The third-order valence-corrected chi connectivity index (χ3v) is 2.64. The number of para-hydroxylation sites is 1. The van der Waals surface area contributed by atoms with E-state index in [-0.39, 0.29) is 23.3 Å². The smallest absolute Gasteiger partial charge is 0.311 e. The second-order valence-electron chi connectivity index (χ2n) is 4.11. The second kappa shape index (κ2) is 5.49. The van der Waals surface area contributed by atoms with E-state index in [0.29, 0.717) is 11.1 Å². The van der Waals surface area contributed by atoms with Gasteiger partial charge in [0.05, 0.1) is 4.92 Å². The summed E-state index contributed by atoms with van der Waals surface area (Å²) in [5.74, 6) is 5.77. The van der Waals surface area contributed by atoms with Crippen LogP contribution < -0.4 is 16.0 Å². The van der Waals surface area contributed by atoms with E-state index in [0.717, 1.165) is 0 Å². The van der Waals surface area contributed by atoms with E-state index in [1.807, 2.05) is 0 Å². The van der Waals surface area contributed by atoms with E-state index in [1.54, 1.807) is 26.0 Å². The summed E-state index contributed by atoms with van der Waals surface area (Å²) in [4.78, 5) is 18.5. The summed E-state index contributed by atoms with van der Waals surface area (Å²) in [6.45, 7) is 3.46. The number of benzene rings is 1. The molecule has 1 aromatic heterocycles. The number of nitro groups is 1. The van der Waals surface area contributed by atoms with Gasteiger partial charge in [-0.3, -0.25) is 15.5 Å². The average Bonchev–Trinajstić information content (AvgIpc) is 2.43. The number of nitrogens with two attached hydrogens (primary N) is 1. The highest BCUT2D eigenvalue weighted by Crippen LogP contribution is 2.34. The van der Waals surface area contributed by atoms with Gasteiger partial charge >= 0.3 is 5.69 Å². The van der Waals surface area contributed by atoms with Crippen molar-refractivity contribution in [3.05, 3.63) is 45.6 Å². The maximum absolute atomic E-state index is 11.0. The normalized spacial score (nSPS) is 10.2. The Hall–Kier alpha value is -2.74. The zero-order valence-electron chi connectivity index (χ0n) is 11.0. The molecule has 0 aliphatic carbocycles. The molecule has 104 valence electrons. The Morgan fingerprint density at radius 3 is 2.75 bits per heavy atom. The van der Waals surface area contributed by atoms with Crippen molar-refractivity contribution < 1.29 is 9.66 Å². The fourth-order valence-corrected chi connectivity index (χ4v) is 1.61. The number of nitrogens with zero attached hydrogens (tertiary/aromatic N) is 3. The highest BCUT2D eigenvalue weighted by molar-refractivity contribution is 5.53. The predicted molar refractivity (Wildman–Crippen MR) is 72.5 cm³/mol. The molecule has 2 aromatic rings. The molecule has 0 saturated heterocycles. The number of hydrogen-bond donors (Lipinski definition) is 2. The maximum atomic E-state index is 11.0. The number of rotatable bonds is 4. The Bertz CT molecular complexity index is 660. The monoisotopic (exact) mass is 275 g/mol. The van der Waals surface area contributed by atoms with E-state index in [1.165, 1.54) is 12.3 Å². The van der Waals surface area contributed by atoms with Crippen LogP contribution in [-0.4, -0.2) is 14.9 Å². The lowest BCUT2D eigenvalue weighted by molar-refractivity contribution is -0.385. The fraction of sp³-hybridized carbons (Fsp3) is 0.167. The summed E-state index contributed by atoms with van der Waals surface area (Å²) < 4.78 is 5.59. The molecule has 0 atom stereocenters. The molecule has 8 nitrogen and oxygen atoms in total. The van der Waals surface area contributed by atoms with E-state index < -0.39 is 4.92 Å². The lowest BCUT2D eigenvalue weighted by atomic mass is 10.2. The number of nitro benzene ring substituents is 1. The molecule has 3 N–H and O–H groups in total. The number of anilines is 1. The van der Waals surface area contributed by atoms with Crippen molar-refractivity contribution in [2.45, 2.75) is 13.8 Å². The van der Waals surface area contributed by atoms with Crippen molar-refractivity contribution in [2.24, 2.45) is 5.84 Å². The molecule has 0 spiro atoms. The van der Waals surface area contributed by atoms with Crippen molar-refractivity contribution in [3.8, 4) is 11.6 Å². The lowest BCUT2D eigenvalue weighted by Crippen LogP contribution is -2.11. The standard InChI is InChI=1S/C12H13N5O3/c1-7-4-3-5-9(17(18)19)10(7)20-11-8(2)6-14-12(15-11)16-13/h3-6H,13H2,1-2H3,(H,14,15,16). The first kappa shape index (κ1) is 13.7. The molecule has 8 heteroatoms. The zero-order valence-corrected chi connectivity index (χ0v) is 11.0. The van der Waals surface area contributed by atoms with Gasteiger partial charge in [-0.15, -0.1) is 0 Å². The molecule has 20 heavy (non-hydrogen) atoms. The van der Waals surface area contributed by atoms with Crippen LogP contribution in [0, 0.1) is 24.0 Å². The van der Waals surface area contributed by atoms with Crippen LogP contribution in [0.15, 0.2) is 24.4 Å². The molecule has 0 amide bonds. The Morgan fingerprint density at radius 1 is 1.35 bits per heavy atom. The van der Waals surface area contributed by atoms with Crippen molar-refractivity contribution in [1.82, 2.24) is 9.97 Å². The van der Waals surface area contributed by atoms with Crippen molar-refractivity contribution in [2.75, 3.05) is 5.43 Å². The van der Waals surface area contributed by atoms with Crippen molar-refractivity contribution in [1.29, 1.82) is 0 Å². The molecular formula is C12H13N5O3. The molecule has 0 unspecified atom stereocenters. The van der Waals surface area contributed by atoms with Gasteiger partial charge in [0.15, 0.2) is 0 Å². The molecule has 0 aliphatic heterocycles. The zero-order chi connectivity index (χ0) is 14.7. The van der Waals surface area contributed by atoms with Gasteiger partial charge in [-0.2, -0.15) is 4.98 Å². The largest absolute Gasteiger partial charge is 0.431 e. The molecule has 0 fully saturated rings. The average molecular weight is 275 g/mol. The Balaban J connectivity index is 2.47. The van der Waals surface area contributed by atoms with Crippen LogP contribution in [0.3, 0.4) is 0 Å². The first-order valence-electron chi connectivity index (χ1n) is 5.75. The lowest BCUT2D eigenvalue weighted by Gasteiger charge is -2.10. The fourth-order valence-electron chi connectivity index (χ4n) is 1.61. The van der Waals surface area contributed by atoms with Crippen LogP contribution in [0.4, 0.5) is 11.6 Å². The van der Waals surface area contributed by atoms with Crippen LogP contribution in [0.5, 0.6) is 11.6 Å². The molecule has 0 aliphatic rings. The van der Waals surface area contributed by atoms with Crippen molar-refractivity contribution >= 4 is 11.6 Å². The number of aryl methyl sites for hydroxylation is 2. The summed E-state index contributed by atoms with van der Waals surface area (Å²) >= 11 is 0. The molecule has 1 aromatic carbocycles. The van der Waals surface area contributed by atoms with E-state index in [2.05, 4.69) is 15.4 Å². The molecule has 0 bridgehead atoms. The topological polar surface area (TPSA) is 116 Å². The highest BCUT2D eigenvalue weighted by atomic mass is 16.6. The summed E-state index contributed by atoms with van der Waals surface area (Å²) in [6, 6.07) is 4.70. The highest BCUT2D eigenvalue weighted by Gasteiger charge is 2.19. The first-order chi connectivity index (χ1) is 9.52. The van der Waals surface area contributed by atoms with E-state index in [4.69, 9.17) is 10.6 Å². The summed E-state index contributed by atoms with van der Waals surface area (Å²) in [7, 11) is 0. The number of hydrazine groups is 1. The molecular weight excluding hydrogens is 262 g/mol. The van der Waals surface area contributed by atoms with Gasteiger partial charge in [0.25, 0.3) is 0 Å². The third-order valence-electron chi connectivity index (χ3n) is 2.64. The second-order valence-corrected chi connectivity index (χ2v) is 4.11. The number of nitrogens with one attached hydrogen (secondary N) is 1. The quantitative estimate of drug-likeness (QED) is 0.498. The molecule has 0 radical (unpaired) electrons. The number of ether oxygens (including phenoxy) is 1. The van der Waals surface area contributed by atoms with Crippen LogP contribution in [0.1, 0.15) is 11.1 Å². The number of aromatic nitrogens is 2. The van der Waals surface area contributed by atoms with Gasteiger partial charge in [-0.25, -0.2) is 10.8 Å². The van der Waals surface area contributed by atoms with Gasteiger partial charge in [0, 0.05) is 17.8 Å². The third kappa shape index (κ3) is 2.64. The van der Waals surface area contributed by atoms with Crippen LogP contribution >= 0.6 is 0 Å². The van der Waals surface area contributed by atoms with E-state index >= 15 is 0 Å². The summed E-state index contributed by atoms with van der Waals surface area (Å²) in [5, 5.41) is 11.0. The SMILES string of the molecule is Cc1cnc(NN)nc1Oc1c(C)cccc1[N+](=O)[O-]. The minimum Gasteiger partial charge on any atom is -0.431 e. The van der Waals surface area contributed by atoms with Gasteiger partial charge in [0.2, 0.25) is 17.6 Å². The van der Waals surface area contributed by atoms with Gasteiger partial charge in [-0.1, -0.05) is 12.1 Å². The van der Waals surface area contributed by atoms with Crippen molar-refractivity contribution in [3.63, 3.8) is 0 Å². The summed E-state index contributed by atoms with van der Waals surface area (Å²) in [5.41, 5.74) is 3.45. The Labute approximate surface area is 114 Å². The maximum Gasteiger partial charge on any atom is 0.311 e. The first-order valence-corrected chi connectivity index (χ1v) is 5.75. The predicted octanol–water partition coefficient (Wildman–Crippen LogP) is 2.08. The van der Waals surface area contributed by atoms with E-state index in [9.17, 15) is 10.1 Å². The number of nitrogen functional groups attached to an aromatic ring is 1. The number of hydrogen-bond acceptors (Lipinski definition) is 7. The summed E-state index contributed by atoms with van der Waals surface area (Å²) in [6.07, 6.45) is 1.52.